The largest absolute Gasteiger partial charge is 0.492 e. The Bertz CT molecular complexity index is 388. The van der Waals surface area contributed by atoms with E-state index in [0.717, 1.165) is 26.2 Å². The molecule has 1 fully saturated rings. The van der Waals surface area contributed by atoms with Gasteiger partial charge in [-0.3, -0.25) is 4.90 Å². The summed E-state index contributed by atoms with van der Waals surface area (Å²) in [5, 5.41) is 3.40. The van der Waals surface area contributed by atoms with E-state index in [0.29, 0.717) is 22.9 Å². The average molecular weight is 354 g/mol. The third kappa shape index (κ3) is 5.65. The van der Waals surface area contributed by atoms with Crippen LogP contribution in [0, 0.1) is 5.82 Å². The maximum Gasteiger partial charge on any atom is 0.128 e. The predicted octanol–water partition coefficient (Wildman–Crippen LogP) is 2.68. The number of hydrogen-bond donors (Lipinski definition) is 1. The third-order valence-electron chi connectivity index (χ3n) is 2.97. The summed E-state index contributed by atoms with van der Waals surface area (Å²) in [5.74, 6) is 0.292. The molecule has 1 N–H and O–H groups in total. The highest BCUT2D eigenvalue weighted by Crippen LogP contribution is 2.20. The Morgan fingerprint density at radius 1 is 1.47 bits per heavy atom. The predicted molar refractivity (Wildman–Crippen MR) is 80.7 cm³/mol. The molecule has 6 heteroatoms. The zero-order valence-corrected chi connectivity index (χ0v) is 13.3. The molecule has 1 unspecified atom stereocenters. The van der Waals surface area contributed by atoms with Gasteiger partial charge in [0.25, 0.3) is 0 Å². The minimum absolute atomic E-state index is 0. The van der Waals surface area contributed by atoms with Crippen LogP contribution in [0.3, 0.4) is 0 Å². The van der Waals surface area contributed by atoms with E-state index in [-0.39, 0.29) is 18.2 Å². The number of nitrogens with one attached hydrogen (secondary N) is 1. The first-order chi connectivity index (χ1) is 8.63. The molecule has 108 valence electrons. The summed E-state index contributed by atoms with van der Waals surface area (Å²) < 4.78 is 19.4. The molecule has 0 saturated carbocycles. The zero-order chi connectivity index (χ0) is 13.0. The monoisotopic (exact) mass is 352 g/mol. The number of nitrogens with zero attached hydrogens (tertiary/aromatic N) is 1. The SMILES string of the molecule is CC1CN(CCOc2cc(F)cc(Br)c2)CCN1.Cl. The highest BCUT2D eigenvalue weighted by molar-refractivity contribution is 9.10. The summed E-state index contributed by atoms with van der Waals surface area (Å²) in [6.07, 6.45) is 0. The van der Waals surface area contributed by atoms with Gasteiger partial charge in [-0.15, -0.1) is 12.4 Å². The number of benzene rings is 1. The molecule has 1 aliphatic rings. The van der Waals surface area contributed by atoms with Gasteiger partial charge in [-0.2, -0.15) is 0 Å². The Morgan fingerprint density at radius 2 is 2.26 bits per heavy atom. The molecule has 1 aliphatic heterocycles. The molecule has 0 aromatic heterocycles. The summed E-state index contributed by atoms with van der Waals surface area (Å²) in [6, 6.07) is 5.14. The lowest BCUT2D eigenvalue weighted by atomic mass is 10.2. The van der Waals surface area contributed by atoms with Crippen LogP contribution < -0.4 is 10.1 Å². The molecule has 0 spiro atoms. The van der Waals surface area contributed by atoms with Crippen LogP contribution in [0.4, 0.5) is 4.39 Å². The Kier molecular flexibility index (Phi) is 7.07. The number of hydrogen-bond acceptors (Lipinski definition) is 3. The van der Waals surface area contributed by atoms with E-state index in [1.165, 1.54) is 12.1 Å². The van der Waals surface area contributed by atoms with Gasteiger partial charge < -0.3 is 10.1 Å². The lowest BCUT2D eigenvalue weighted by Gasteiger charge is -2.31. The maximum absolute atomic E-state index is 13.1. The van der Waals surface area contributed by atoms with Gasteiger partial charge in [-0.25, -0.2) is 4.39 Å². The molecule has 1 saturated heterocycles. The molecule has 3 nitrogen and oxygen atoms in total. The quantitative estimate of drug-likeness (QED) is 0.901. The van der Waals surface area contributed by atoms with Crippen LogP contribution in [0.1, 0.15) is 6.92 Å². The van der Waals surface area contributed by atoms with E-state index in [2.05, 4.69) is 33.1 Å². The average Bonchev–Trinajstić information content (AvgIpc) is 2.27. The number of rotatable bonds is 4. The van der Waals surface area contributed by atoms with Crippen molar-refractivity contribution in [1.82, 2.24) is 10.2 Å². The summed E-state index contributed by atoms with van der Waals surface area (Å²) in [6.45, 7) is 6.74. The topological polar surface area (TPSA) is 24.5 Å². The van der Waals surface area contributed by atoms with E-state index in [9.17, 15) is 4.39 Å². The Hall–Kier alpha value is -0.360. The van der Waals surface area contributed by atoms with Gasteiger partial charge in [0.2, 0.25) is 0 Å². The van der Waals surface area contributed by atoms with Crippen molar-refractivity contribution in [2.45, 2.75) is 13.0 Å². The summed E-state index contributed by atoms with van der Waals surface area (Å²) in [7, 11) is 0. The molecule has 1 atom stereocenters. The van der Waals surface area contributed by atoms with E-state index in [1.54, 1.807) is 6.07 Å². The third-order valence-corrected chi connectivity index (χ3v) is 3.42. The second-order valence-corrected chi connectivity index (χ2v) is 5.53. The van der Waals surface area contributed by atoms with Gasteiger partial charge >= 0.3 is 0 Å². The second-order valence-electron chi connectivity index (χ2n) is 4.61. The first kappa shape index (κ1) is 16.7. The van der Waals surface area contributed by atoms with Crippen LogP contribution in [0.2, 0.25) is 0 Å². The van der Waals surface area contributed by atoms with Crippen molar-refractivity contribution in [3.05, 3.63) is 28.5 Å². The molecule has 0 amide bonds. The van der Waals surface area contributed by atoms with Crippen LogP contribution >= 0.6 is 28.3 Å². The molecular formula is C13H19BrClFN2O. The summed E-state index contributed by atoms with van der Waals surface area (Å²) in [5.41, 5.74) is 0. The van der Waals surface area contributed by atoms with Crippen molar-refractivity contribution in [2.75, 3.05) is 32.8 Å². The van der Waals surface area contributed by atoms with Crippen molar-refractivity contribution >= 4 is 28.3 Å². The van der Waals surface area contributed by atoms with Crippen LogP contribution in [0.25, 0.3) is 0 Å². The van der Waals surface area contributed by atoms with E-state index >= 15 is 0 Å². The molecule has 0 bridgehead atoms. The molecule has 1 aromatic carbocycles. The smallest absolute Gasteiger partial charge is 0.128 e. The second kappa shape index (κ2) is 8.04. The van der Waals surface area contributed by atoms with E-state index in [1.807, 2.05) is 0 Å². The van der Waals surface area contributed by atoms with Crippen molar-refractivity contribution < 1.29 is 9.13 Å². The number of ether oxygens (including phenoxy) is 1. The van der Waals surface area contributed by atoms with Gasteiger partial charge in [0.15, 0.2) is 0 Å². The van der Waals surface area contributed by atoms with Gasteiger partial charge in [-0.05, 0) is 19.1 Å². The van der Waals surface area contributed by atoms with Crippen molar-refractivity contribution in [2.24, 2.45) is 0 Å². The summed E-state index contributed by atoms with van der Waals surface area (Å²) in [4.78, 5) is 2.36. The Morgan fingerprint density at radius 3 is 2.95 bits per heavy atom. The molecule has 0 aliphatic carbocycles. The highest BCUT2D eigenvalue weighted by atomic mass is 79.9. The van der Waals surface area contributed by atoms with Gasteiger partial charge in [0.1, 0.15) is 18.2 Å². The van der Waals surface area contributed by atoms with Crippen molar-refractivity contribution in [3.8, 4) is 5.75 Å². The Labute approximate surface area is 128 Å². The number of piperazine rings is 1. The van der Waals surface area contributed by atoms with E-state index < -0.39 is 0 Å². The van der Waals surface area contributed by atoms with Crippen LogP contribution in [-0.4, -0.2) is 43.7 Å². The molecule has 1 aromatic rings. The Balaban J connectivity index is 0.00000180. The standard InChI is InChI=1S/C13H18BrFN2O.ClH/c1-10-9-17(3-2-16-10)4-5-18-13-7-11(14)6-12(15)8-13;/h6-8,10,16H,2-5,9H2,1H3;1H. The first-order valence-corrected chi connectivity index (χ1v) is 6.97. The van der Waals surface area contributed by atoms with Gasteiger partial charge in [0, 0.05) is 42.8 Å². The molecule has 2 rings (SSSR count). The van der Waals surface area contributed by atoms with Crippen LogP contribution in [-0.2, 0) is 0 Å². The summed E-state index contributed by atoms with van der Waals surface area (Å²) >= 11 is 3.25. The molecule has 0 radical (unpaired) electrons. The fourth-order valence-electron chi connectivity index (χ4n) is 2.12. The molecule has 1 heterocycles. The van der Waals surface area contributed by atoms with Crippen molar-refractivity contribution in [3.63, 3.8) is 0 Å². The van der Waals surface area contributed by atoms with E-state index in [4.69, 9.17) is 4.74 Å². The lowest BCUT2D eigenvalue weighted by Crippen LogP contribution is -2.50. The van der Waals surface area contributed by atoms with Crippen molar-refractivity contribution in [1.29, 1.82) is 0 Å². The molecule has 19 heavy (non-hydrogen) atoms. The highest BCUT2D eigenvalue weighted by Gasteiger charge is 2.14. The maximum atomic E-state index is 13.1. The minimum atomic E-state index is -0.282. The van der Waals surface area contributed by atoms with Gasteiger partial charge in [-0.1, -0.05) is 15.9 Å². The normalized spacial score (nSPS) is 19.8. The van der Waals surface area contributed by atoms with Crippen LogP contribution in [0.15, 0.2) is 22.7 Å². The number of halogens is 3. The fourth-order valence-corrected chi connectivity index (χ4v) is 2.56. The first-order valence-electron chi connectivity index (χ1n) is 6.18. The molecular weight excluding hydrogens is 335 g/mol. The fraction of sp³-hybridized carbons (Fsp3) is 0.538. The minimum Gasteiger partial charge on any atom is -0.492 e. The lowest BCUT2D eigenvalue weighted by molar-refractivity contribution is 0.170. The van der Waals surface area contributed by atoms with Gasteiger partial charge in [0.05, 0.1) is 0 Å². The zero-order valence-electron chi connectivity index (χ0n) is 10.9. The van der Waals surface area contributed by atoms with Crippen LogP contribution in [0.5, 0.6) is 5.75 Å².